The van der Waals surface area contributed by atoms with Crippen molar-refractivity contribution in [1.82, 2.24) is 9.21 Å². The molecule has 1 aliphatic heterocycles. The largest absolute Gasteiger partial charge is 0.496 e. The van der Waals surface area contributed by atoms with Crippen molar-refractivity contribution in [3.05, 3.63) is 29.8 Å². The molecule has 0 unspecified atom stereocenters. The summed E-state index contributed by atoms with van der Waals surface area (Å²) < 4.78 is 41.8. The van der Waals surface area contributed by atoms with Crippen LogP contribution in [0.4, 0.5) is 0 Å². The van der Waals surface area contributed by atoms with Crippen molar-refractivity contribution in [2.75, 3.05) is 72.5 Å². The Kier molecular flexibility index (Phi) is 8.80. The van der Waals surface area contributed by atoms with Gasteiger partial charge in [0.1, 0.15) is 5.75 Å². The zero-order chi connectivity index (χ0) is 18.8. The predicted molar refractivity (Wildman–Crippen MR) is 101 cm³/mol. The molecule has 0 spiro atoms. The topological polar surface area (TPSA) is 68.3 Å². The van der Waals surface area contributed by atoms with Crippen LogP contribution in [-0.2, 0) is 25.9 Å². The molecule has 0 aliphatic carbocycles. The van der Waals surface area contributed by atoms with E-state index >= 15 is 0 Å². The van der Waals surface area contributed by atoms with Crippen molar-refractivity contribution < 1.29 is 22.6 Å². The molecule has 1 fully saturated rings. The number of para-hydroxylation sites is 1. The highest BCUT2D eigenvalue weighted by Gasteiger charge is 2.26. The standard InChI is InChI=1S/C18H30N2O5S/c1-23-13-14-25-15-16-26(21,22)20-11-9-19(10-12-20)8-7-17-5-3-4-6-18(17)24-2/h3-6H,7-16H2,1-2H3. The van der Waals surface area contributed by atoms with Gasteiger partial charge in [0.2, 0.25) is 10.0 Å². The van der Waals surface area contributed by atoms with E-state index in [9.17, 15) is 8.42 Å². The number of benzene rings is 1. The van der Waals surface area contributed by atoms with Crippen LogP contribution in [0.2, 0.25) is 0 Å². The van der Waals surface area contributed by atoms with Crippen LogP contribution in [0.3, 0.4) is 0 Å². The van der Waals surface area contributed by atoms with Crippen LogP contribution in [-0.4, -0.2) is 90.1 Å². The molecule has 1 aromatic rings. The highest BCUT2D eigenvalue weighted by Crippen LogP contribution is 2.18. The van der Waals surface area contributed by atoms with Crippen molar-refractivity contribution in [3.63, 3.8) is 0 Å². The van der Waals surface area contributed by atoms with E-state index in [1.165, 1.54) is 5.56 Å². The molecule has 0 radical (unpaired) electrons. The summed E-state index contributed by atoms with van der Waals surface area (Å²) in [4.78, 5) is 2.30. The van der Waals surface area contributed by atoms with Gasteiger partial charge in [-0.15, -0.1) is 0 Å². The fourth-order valence-electron chi connectivity index (χ4n) is 2.96. The molecule has 1 saturated heterocycles. The minimum Gasteiger partial charge on any atom is -0.496 e. The summed E-state index contributed by atoms with van der Waals surface area (Å²) in [5.41, 5.74) is 1.18. The first kappa shape index (κ1) is 21.1. The normalized spacial score (nSPS) is 16.7. The zero-order valence-electron chi connectivity index (χ0n) is 15.7. The van der Waals surface area contributed by atoms with Crippen molar-refractivity contribution >= 4 is 10.0 Å². The van der Waals surface area contributed by atoms with E-state index < -0.39 is 10.0 Å². The Hall–Kier alpha value is -1.19. The molecule has 0 saturated carbocycles. The first-order valence-electron chi connectivity index (χ1n) is 8.95. The summed E-state index contributed by atoms with van der Waals surface area (Å²) in [5.74, 6) is 0.931. The lowest BCUT2D eigenvalue weighted by Gasteiger charge is -2.34. The second-order valence-corrected chi connectivity index (χ2v) is 8.31. The lowest BCUT2D eigenvalue weighted by atomic mass is 10.1. The van der Waals surface area contributed by atoms with Crippen molar-refractivity contribution in [2.24, 2.45) is 0 Å². The monoisotopic (exact) mass is 386 g/mol. The maximum atomic E-state index is 12.4. The number of ether oxygens (including phenoxy) is 3. The van der Waals surface area contributed by atoms with E-state index in [2.05, 4.69) is 11.0 Å². The lowest BCUT2D eigenvalue weighted by molar-refractivity contribution is 0.0779. The van der Waals surface area contributed by atoms with Crippen LogP contribution in [0.5, 0.6) is 5.75 Å². The van der Waals surface area contributed by atoms with Crippen LogP contribution in [0.1, 0.15) is 5.56 Å². The number of sulfonamides is 1. The van der Waals surface area contributed by atoms with Gasteiger partial charge in [-0.1, -0.05) is 18.2 Å². The first-order chi connectivity index (χ1) is 12.6. The number of hydrogen-bond acceptors (Lipinski definition) is 6. The van der Waals surface area contributed by atoms with E-state index in [0.29, 0.717) is 26.3 Å². The third-order valence-corrected chi connectivity index (χ3v) is 6.37. The number of piperazine rings is 1. The van der Waals surface area contributed by atoms with Crippen LogP contribution in [0, 0.1) is 0 Å². The molecule has 26 heavy (non-hydrogen) atoms. The molecule has 0 amide bonds. The maximum absolute atomic E-state index is 12.4. The van der Waals surface area contributed by atoms with Crippen molar-refractivity contribution in [3.8, 4) is 5.75 Å². The maximum Gasteiger partial charge on any atom is 0.216 e. The van der Waals surface area contributed by atoms with Gasteiger partial charge in [-0.05, 0) is 18.1 Å². The number of hydrogen-bond donors (Lipinski definition) is 0. The molecule has 0 bridgehead atoms. The Bertz CT molecular complexity index is 630. The smallest absolute Gasteiger partial charge is 0.216 e. The lowest BCUT2D eigenvalue weighted by Crippen LogP contribution is -2.49. The SMILES string of the molecule is COCCOCCS(=O)(=O)N1CCN(CCc2ccccc2OC)CC1. The first-order valence-corrected chi connectivity index (χ1v) is 10.6. The van der Waals surface area contributed by atoms with Gasteiger partial charge in [-0.2, -0.15) is 4.31 Å². The molecule has 0 N–H and O–H groups in total. The highest BCUT2D eigenvalue weighted by atomic mass is 32.2. The molecular formula is C18H30N2O5S. The van der Waals surface area contributed by atoms with E-state index in [4.69, 9.17) is 14.2 Å². The molecule has 0 atom stereocenters. The Morgan fingerprint density at radius 3 is 2.42 bits per heavy atom. The van der Waals surface area contributed by atoms with Gasteiger partial charge >= 0.3 is 0 Å². The van der Waals surface area contributed by atoms with E-state index in [-0.39, 0.29) is 12.4 Å². The number of methoxy groups -OCH3 is 2. The summed E-state index contributed by atoms with van der Waals surface area (Å²) in [6.07, 6.45) is 0.893. The van der Waals surface area contributed by atoms with Crippen molar-refractivity contribution in [1.29, 1.82) is 0 Å². The molecule has 2 rings (SSSR count). The molecule has 7 nitrogen and oxygen atoms in total. The molecule has 148 valence electrons. The van der Waals surface area contributed by atoms with Gasteiger partial charge in [-0.3, -0.25) is 0 Å². The zero-order valence-corrected chi connectivity index (χ0v) is 16.5. The fourth-order valence-corrected chi connectivity index (χ4v) is 4.26. The molecule has 8 heteroatoms. The number of rotatable bonds is 11. The third kappa shape index (κ3) is 6.51. The summed E-state index contributed by atoms with van der Waals surface area (Å²) in [6, 6.07) is 8.01. The minimum atomic E-state index is -3.25. The molecule has 0 aromatic heterocycles. The van der Waals surface area contributed by atoms with Gasteiger partial charge in [0.05, 0.1) is 32.7 Å². The van der Waals surface area contributed by atoms with Gasteiger partial charge < -0.3 is 19.1 Å². The summed E-state index contributed by atoms with van der Waals surface area (Å²) in [6.45, 7) is 4.57. The summed E-state index contributed by atoms with van der Waals surface area (Å²) in [7, 11) is 0.0219. The minimum absolute atomic E-state index is 0.0257. The van der Waals surface area contributed by atoms with Gasteiger partial charge in [-0.25, -0.2) is 8.42 Å². The molecule has 1 heterocycles. The number of nitrogens with zero attached hydrogens (tertiary/aromatic N) is 2. The van der Waals surface area contributed by atoms with E-state index in [0.717, 1.165) is 31.8 Å². The second kappa shape index (κ2) is 10.8. The van der Waals surface area contributed by atoms with Crippen molar-refractivity contribution in [2.45, 2.75) is 6.42 Å². The quantitative estimate of drug-likeness (QED) is 0.525. The molecule has 1 aliphatic rings. The fraction of sp³-hybridized carbons (Fsp3) is 0.667. The Morgan fingerprint density at radius 1 is 1.00 bits per heavy atom. The average Bonchev–Trinajstić information content (AvgIpc) is 2.66. The van der Waals surface area contributed by atoms with Crippen LogP contribution >= 0.6 is 0 Å². The Labute approximate surface area is 156 Å². The van der Waals surface area contributed by atoms with Gasteiger partial charge in [0.25, 0.3) is 0 Å². The summed E-state index contributed by atoms with van der Waals surface area (Å²) in [5, 5.41) is 0. The van der Waals surface area contributed by atoms with E-state index in [1.54, 1.807) is 18.5 Å². The van der Waals surface area contributed by atoms with Gasteiger partial charge in [0, 0.05) is 39.8 Å². The Morgan fingerprint density at radius 2 is 1.73 bits per heavy atom. The van der Waals surface area contributed by atoms with Gasteiger partial charge in [0.15, 0.2) is 0 Å². The molecular weight excluding hydrogens is 356 g/mol. The average molecular weight is 387 g/mol. The third-order valence-electron chi connectivity index (χ3n) is 4.53. The van der Waals surface area contributed by atoms with Crippen LogP contribution in [0.15, 0.2) is 24.3 Å². The second-order valence-electron chi connectivity index (χ2n) is 6.22. The highest BCUT2D eigenvalue weighted by molar-refractivity contribution is 7.89. The predicted octanol–water partition coefficient (Wildman–Crippen LogP) is 0.848. The van der Waals surface area contributed by atoms with E-state index in [1.807, 2.05) is 18.2 Å². The molecule has 1 aromatic carbocycles. The van der Waals surface area contributed by atoms with Crippen LogP contribution in [0.25, 0.3) is 0 Å². The summed E-state index contributed by atoms with van der Waals surface area (Å²) >= 11 is 0. The Balaban J connectivity index is 1.72. The van der Waals surface area contributed by atoms with Crippen LogP contribution < -0.4 is 4.74 Å².